The zero-order valence-corrected chi connectivity index (χ0v) is 12.5. The lowest BCUT2D eigenvalue weighted by Crippen LogP contribution is -2.29. The molecule has 0 radical (unpaired) electrons. The van der Waals surface area contributed by atoms with Crippen LogP contribution in [0.15, 0.2) is 29.8 Å². The number of hydrogen-bond donors (Lipinski definition) is 2. The van der Waals surface area contributed by atoms with Crippen LogP contribution in [0.1, 0.15) is 43.2 Å². The number of rotatable bonds is 4. The number of allylic oxidation sites excluding steroid dienone is 1. The van der Waals surface area contributed by atoms with Gasteiger partial charge in [-0.25, -0.2) is 4.79 Å². The van der Waals surface area contributed by atoms with E-state index in [1.165, 1.54) is 42.4 Å². The molecule has 3 heteroatoms. The first-order valence-corrected chi connectivity index (χ1v) is 7.45. The van der Waals surface area contributed by atoms with Gasteiger partial charge in [-0.2, -0.15) is 0 Å². The Hall–Kier alpha value is -1.77. The van der Waals surface area contributed by atoms with E-state index >= 15 is 0 Å². The molecule has 20 heavy (non-hydrogen) atoms. The molecule has 2 N–H and O–H groups in total. The molecule has 1 aliphatic rings. The highest BCUT2D eigenvalue weighted by atomic mass is 16.2. The van der Waals surface area contributed by atoms with Crippen LogP contribution < -0.4 is 10.6 Å². The highest BCUT2D eigenvalue weighted by Crippen LogP contribution is 2.19. The monoisotopic (exact) mass is 272 g/mol. The average Bonchev–Trinajstić information content (AvgIpc) is 2.44. The molecule has 108 valence electrons. The van der Waals surface area contributed by atoms with Crippen molar-refractivity contribution in [1.29, 1.82) is 0 Å². The fourth-order valence-corrected chi connectivity index (χ4v) is 2.46. The first-order valence-electron chi connectivity index (χ1n) is 7.45. The van der Waals surface area contributed by atoms with Gasteiger partial charge in [0.2, 0.25) is 0 Å². The molecule has 0 bridgehead atoms. The number of nitrogens with one attached hydrogen (secondary N) is 2. The van der Waals surface area contributed by atoms with Crippen LogP contribution in [0.4, 0.5) is 10.5 Å². The predicted octanol–water partition coefficient (Wildman–Crippen LogP) is 4.32. The largest absolute Gasteiger partial charge is 0.338 e. The van der Waals surface area contributed by atoms with Crippen molar-refractivity contribution < 1.29 is 4.79 Å². The van der Waals surface area contributed by atoms with Gasteiger partial charge in [0.1, 0.15) is 0 Å². The fourth-order valence-electron chi connectivity index (χ4n) is 2.46. The van der Waals surface area contributed by atoms with E-state index in [0.717, 1.165) is 12.1 Å². The summed E-state index contributed by atoms with van der Waals surface area (Å²) >= 11 is 0. The second-order valence-electron chi connectivity index (χ2n) is 5.54. The lowest BCUT2D eigenvalue weighted by atomic mass is 9.97. The first-order chi connectivity index (χ1) is 9.65. The van der Waals surface area contributed by atoms with E-state index in [2.05, 4.69) is 23.6 Å². The smallest absolute Gasteiger partial charge is 0.319 e. The molecule has 3 nitrogen and oxygen atoms in total. The number of hydrogen-bond acceptors (Lipinski definition) is 1. The molecule has 0 saturated heterocycles. The molecule has 0 fully saturated rings. The van der Waals surface area contributed by atoms with Crippen molar-refractivity contribution in [3.8, 4) is 0 Å². The molecule has 0 heterocycles. The molecule has 0 aromatic heterocycles. The summed E-state index contributed by atoms with van der Waals surface area (Å²) in [6.45, 7) is 4.83. The maximum Gasteiger partial charge on any atom is 0.319 e. The van der Waals surface area contributed by atoms with E-state index in [1.807, 2.05) is 25.1 Å². The van der Waals surface area contributed by atoms with E-state index in [0.29, 0.717) is 6.54 Å². The Kier molecular flexibility index (Phi) is 5.22. The van der Waals surface area contributed by atoms with Crippen LogP contribution in [-0.4, -0.2) is 12.6 Å². The van der Waals surface area contributed by atoms with Gasteiger partial charge in [0.25, 0.3) is 0 Å². The van der Waals surface area contributed by atoms with Crippen LogP contribution in [0.3, 0.4) is 0 Å². The maximum absolute atomic E-state index is 11.8. The standard InChI is InChI=1S/C17H24N2O/c1-13-8-9-16(12-14(13)2)19-17(20)18-11-10-15-6-4-3-5-7-15/h6,8-9,12H,3-5,7,10-11H2,1-2H3,(H2,18,19,20). The van der Waals surface area contributed by atoms with Gasteiger partial charge in [0.15, 0.2) is 0 Å². The molecular formula is C17H24N2O. The second kappa shape index (κ2) is 7.13. The second-order valence-corrected chi connectivity index (χ2v) is 5.54. The van der Waals surface area contributed by atoms with Crippen molar-refractivity contribution in [1.82, 2.24) is 5.32 Å². The van der Waals surface area contributed by atoms with Crippen LogP contribution in [-0.2, 0) is 0 Å². The lowest BCUT2D eigenvalue weighted by molar-refractivity contribution is 0.252. The number of carbonyl (C=O) groups excluding carboxylic acids is 1. The molecular weight excluding hydrogens is 248 g/mol. The van der Waals surface area contributed by atoms with E-state index in [4.69, 9.17) is 0 Å². The minimum Gasteiger partial charge on any atom is -0.338 e. The fraction of sp³-hybridized carbons (Fsp3) is 0.471. The Labute approximate surface area is 121 Å². The molecule has 1 aromatic carbocycles. The van der Waals surface area contributed by atoms with E-state index < -0.39 is 0 Å². The highest BCUT2D eigenvalue weighted by molar-refractivity contribution is 5.89. The summed E-state index contributed by atoms with van der Waals surface area (Å²) in [4.78, 5) is 11.8. The molecule has 1 aromatic rings. The van der Waals surface area contributed by atoms with Gasteiger partial charge < -0.3 is 10.6 Å². The number of aryl methyl sites for hydroxylation is 2. The zero-order valence-electron chi connectivity index (χ0n) is 12.5. The van der Waals surface area contributed by atoms with Crippen molar-refractivity contribution in [2.24, 2.45) is 0 Å². The zero-order chi connectivity index (χ0) is 14.4. The van der Waals surface area contributed by atoms with Crippen molar-refractivity contribution in [3.05, 3.63) is 41.0 Å². The van der Waals surface area contributed by atoms with E-state index in [-0.39, 0.29) is 6.03 Å². The molecule has 2 amide bonds. The molecule has 0 aliphatic heterocycles. The van der Waals surface area contributed by atoms with Crippen molar-refractivity contribution in [3.63, 3.8) is 0 Å². The van der Waals surface area contributed by atoms with Gasteiger partial charge in [0.05, 0.1) is 0 Å². The quantitative estimate of drug-likeness (QED) is 0.788. The topological polar surface area (TPSA) is 41.1 Å². The van der Waals surface area contributed by atoms with Crippen molar-refractivity contribution in [2.45, 2.75) is 46.0 Å². The summed E-state index contributed by atoms with van der Waals surface area (Å²) in [6.07, 6.45) is 8.29. The minimum atomic E-state index is -0.121. The van der Waals surface area contributed by atoms with Crippen LogP contribution >= 0.6 is 0 Å². The third-order valence-electron chi connectivity index (χ3n) is 3.88. The summed E-state index contributed by atoms with van der Waals surface area (Å²) in [5.74, 6) is 0. The number of urea groups is 1. The van der Waals surface area contributed by atoms with E-state index in [1.54, 1.807) is 0 Å². The highest BCUT2D eigenvalue weighted by Gasteiger charge is 2.05. The Morgan fingerprint density at radius 3 is 2.75 bits per heavy atom. The van der Waals surface area contributed by atoms with Gasteiger partial charge in [-0.15, -0.1) is 0 Å². The van der Waals surface area contributed by atoms with Crippen LogP contribution in [0, 0.1) is 13.8 Å². The van der Waals surface area contributed by atoms with Gasteiger partial charge in [0, 0.05) is 12.2 Å². The first kappa shape index (κ1) is 14.6. The van der Waals surface area contributed by atoms with Crippen LogP contribution in [0.5, 0.6) is 0 Å². The van der Waals surface area contributed by atoms with Gasteiger partial charge in [-0.3, -0.25) is 0 Å². The van der Waals surface area contributed by atoms with Gasteiger partial charge >= 0.3 is 6.03 Å². The summed E-state index contributed by atoms with van der Waals surface area (Å²) in [5, 5.41) is 5.80. The normalized spacial score (nSPS) is 14.6. The summed E-state index contributed by atoms with van der Waals surface area (Å²) in [5.41, 5.74) is 4.76. The van der Waals surface area contributed by atoms with Crippen LogP contribution in [0.2, 0.25) is 0 Å². The Morgan fingerprint density at radius 2 is 2.05 bits per heavy atom. The Bertz CT molecular complexity index is 506. The SMILES string of the molecule is Cc1ccc(NC(=O)NCCC2=CCCCC2)cc1C. The molecule has 0 saturated carbocycles. The van der Waals surface area contributed by atoms with Crippen LogP contribution in [0.25, 0.3) is 0 Å². The average molecular weight is 272 g/mol. The van der Waals surface area contributed by atoms with Gasteiger partial charge in [-0.1, -0.05) is 17.7 Å². The summed E-state index contributed by atoms with van der Waals surface area (Å²) in [6, 6.07) is 5.84. The summed E-state index contributed by atoms with van der Waals surface area (Å²) in [7, 11) is 0. The molecule has 1 aliphatic carbocycles. The lowest BCUT2D eigenvalue weighted by Gasteiger charge is -2.13. The molecule has 0 atom stereocenters. The number of benzene rings is 1. The molecule has 0 spiro atoms. The van der Waals surface area contributed by atoms with Crippen molar-refractivity contribution >= 4 is 11.7 Å². The minimum absolute atomic E-state index is 0.121. The van der Waals surface area contributed by atoms with Crippen molar-refractivity contribution in [2.75, 3.05) is 11.9 Å². The third-order valence-corrected chi connectivity index (χ3v) is 3.88. The predicted molar refractivity (Wildman–Crippen MR) is 84.1 cm³/mol. The Morgan fingerprint density at radius 1 is 1.20 bits per heavy atom. The summed E-state index contributed by atoms with van der Waals surface area (Å²) < 4.78 is 0. The van der Waals surface area contributed by atoms with E-state index in [9.17, 15) is 4.79 Å². The number of carbonyl (C=O) groups is 1. The maximum atomic E-state index is 11.8. The Balaban J connectivity index is 1.74. The number of amides is 2. The molecule has 0 unspecified atom stereocenters. The number of anilines is 1. The third kappa shape index (κ3) is 4.41. The molecule has 2 rings (SSSR count). The van der Waals surface area contributed by atoms with Gasteiger partial charge in [-0.05, 0) is 69.2 Å².